The molecule has 1 aromatic heterocycles. The van der Waals surface area contributed by atoms with Crippen LogP contribution in [0.5, 0.6) is 5.75 Å². The first-order valence-corrected chi connectivity index (χ1v) is 6.40. The summed E-state index contributed by atoms with van der Waals surface area (Å²) in [6.45, 7) is 1.93. The van der Waals surface area contributed by atoms with Gasteiger partial charge in [-0.05, 0) is 46.6 Å². The van der Waals surface area contributed by atoms with Crippen LogP contribution in [0.1, 0.15) is 10.4 Å². The van der Waals surface area contributed by atoms with Crippen molar-refractivity contribution in [2.45, 2.75) is 6.92 Å². The predicted octanol–water partition coefficient (Wildman–Crippen LogP) is 4.28. The summed E-state index contributed by atoms with van der Waals surface area (Å²) in [5.74, 6) is 0.215. The highest BCUT2D eigenvalue weighted by Gasteiger charge is 1.99. The second kappa shape index (κ2) is 4.80. The van der Waals surface area contributed by atoms with E-state index in [1.807, 2.05) is 30.5 Å². The van der Waals surface area contributed by atoms with E-state index in [0.29, 0.717) is 5.69 Å². The number of thiophene rings is 1. The van der Waals surface area contributed by atoms with Crippen molar-refractivity contribution in [1.82, 2.24) is 0 Å². The highest BCUT2D eigenvalue weighted by Crippen LogP contribution is 2.27. The van der Waals surface area contributed by atoms with Gasteiger partial charge in [-0.15, -0.1) is 11.3 Å². The standard InChI is InChI=1S/C12H10BrNOS/c1-8-2-3-11(12(15)4-8)14-6-10-5-9(13)7-16-10/h2-7,15H,1H3. The van der Waals surface area contributed by atoms with E-state index < -0.39 is 0 Å². The third-order valence-electron chi connectivity index (χ3n) is 2.05. The maximum absolute atomic E-state index is 9.65. The molecule has 0 fully saturated rings. The van der Waals surface area contributed by atoms with E-state index in [-0.39, 0.29) is 5.75 Å². The van der Waals surface area contributed by atoms with Gasteiger partial charge in [0.2, 0.25) is 0 Å². The average molecular weight is 296 g/mol. The molecule has 0 atom stereocenters. The normalized spacial score (nSPS) is 11.1. The first-order chi connectivity index (χ1) is 7.65. The number of hydrogen-bond acceptors (Lipinski definition) is 3. The zero-order chi connectivity index (χ0) is 11.5. The Bertz CT molecular complexity index is 534. The highest BCUT2D eigenvalue weighted by molar-refractivity contribution is 9.10. The number of halogens is 1. The lowest BCUT2D eigenvalue weighted by Crippen LogP contribution is -1.75. The van der Waals surface area contributed by atoms with Crippen molar-refractivity contribution in [2.24, 2.45) is 4.99 Å². The van der Waals surface area contributed by atoms with Crippen molar-refractivity contribution in [3.63, 3.8) is 0 Å². The molecule has 0 aliphatic heterocycles. The van der Waals surface area contributed by atoms with Gasteiger partial charge in [-0.25, -0.2) is 0 Å². The SMILES string of the molecule is Cc1ccc(N=Cc2cc(Br)cs2)c(O)c1. The molecule has 0 saturated carbocycles. The van der Waals surface area contributed by atoms with Crippen molar-refractivity contribution < 1.29 is 5.11 Å². The van der Waals surface area contributed by atoms with Crippen molar-refractivity contribution in [2.75, 3.05) is 0 Å². The molecule has 1 N–H and O–H groups in total. The van der Waals surface area contributed by atoms with Crippen molar-refractivity contribution in [1.29, 1.82) is 0 Å². The van der Waals surface area contributed by atoms with E-state index in [1.54, 1.807) is 23.6 Å². The topological polar surface area (TPSA) is 32.6 Å². The minimum atomic E-state index is 0.215. The molecule has 0 bridgehead atoms. The van der Waals surface area contributed by atoms with E-state index in [0.717, 1.165) is 14.9 Å². The number of benzene rings is 1. The lowest BCUT2D eigenvalue weighted by Gasteiger charge is -1.98. The van der Waals surface area contributed by atoms with Crippen LogP contribution in [0.15, 0.2) is 39.1 Å². The van der Waals surface area contributed by atoms with Crippen molar-refractivity contribution >= 4 is 39.2 Å². The van der Waals surface area contributed by atoms with Gasteiger partial charge in [-0.2, -0.15) is 0 Å². The largest absolute Gasteiger partial charge is 0.506 e. The Morgan fingerprint density at radius 3 is 2.81 bits per heavy atom. The molecule has 2 aromatic rings. The van der Waals surface area contributed by atoms with E-state index in [1.165, 1.54) is 0 Å². The van der Waals surface area contributed by atoms with Gasteiger partial charge < -0.3 is 5.11 Å². The third kappa shape index (κ3) is 2.71. The monoisotopic (exact) mass is 295 g/mol. The summed E-state index contributed by atoms with van der Waals surface area (Å²) in [5, 5.41) is 11.7. The molecule has 0 spiro atoms. The molecule has 4 heteroatoms. The third-order valence-corrected chi connectivity index (χ3v) is 3.68. The Morgan fingerprint density at radius 1 is 1.38 bits per heavy atom. The molecule has 0 unspecified atom stereocenters. The van der Waals surface area contributed by atoms with Crippen LogP contribution in [0, 0.1) is 6.92 Å². The fraction of sp³-hybridized carbons (Fsp3) is 0.0833. The molecule has 0 radical (unpaired) electrons. The van der Waals surface area contributed by atoms with Gasteiger partial charge in [0.1, 0.15) is 11.4 Å². The van der Waals surface area contributed by atoms with E-state index >= 15 is 0 Å². The number of aromatic hydroxyl groups is 1. The van der Waals surface area contributed by atoms with Crippen molar-refractivity contribution in [3.8, 4) is 5.75 Å². The molecule has 1 aromatic carbocycles. The summed E-state index contributed by atoms with van der Waals surface area (Å²) in [6.07, 6.45) is 1.75. The summed E-state index contributed by atoms with van der Waals surface area (Å²) in [7, 11) is 0. The Balaban J connectivity index is 2.23. The van der Waals surface area contributed by atoms with Crippen LogP contribution in [-0.2, 0) is 0 Å². The van der Waals surface area contributed by atoms with E-state index in [4.69, 9.17) is 0 Å². The van der Waals surface area contributed by atoms with Crippen LogP contribution in [0.4, 0.5) is 5.69 Å². The van der Waals surface area contributed by atoms with Gasteiger partial charge in [0.05, 0.1) is 0 Å². The van der Waals surface area contributed by atoms with Crippen LogP contribution in [-0.4, -0.2) is 11.3 Å². The fourth-order valence-electron chi connectivity index (χ4n) is 1.27. The number of phenolic OH excluding ortho intramolecular Hbond substituents is 1. The number of aliphatic imine (C=N–C) groups is 1. The molecule has 1 heterocycles. The van der Waals surface area contributed by atoms with E-state index in [2.05, 4.69) is 20.9 Å². The smallest absolute Gasteiger partial charge is 0.141 e. The van der Waals surface area contributed by atoms with Gasteiger partial charge in [0, 0.05) is 20.9 Å². The molecule has 0 amide bonds. The number of nitrogens with zero attached hydrogens (tertiary/aromatic N) is 1. The number of aryl methyl sites for hydroxylation is 1. The first-order valence-electron chi connectivity index (χ1n) is 4.73. The predicted molar refractivity (Wildman–Crippen MR) is 72.1 cm³/mol. The second-order valence-corrected chi connectivity index (χ2v) is 5.28. The number of hydrogen-bond donors (Lipinski definition) is 1. The van der Waals surface area contributed by atoms with Gasteiger partial charge in [-0.1, -0.05) is 6.07 Å². The molecule has 0 aliphatic carbocycles. The lowest BCUT2D eigenvalue weighted by molar-refractivity contribution is 0.476. The maximum Gasteiger partial charge on any atom is 0.141 e. The summed E-state index contributed by atoms with van der Waals surface area (Å²) < 4.78 is 1.05. The minimum Gasteiger partial charge on any atom is -0.506 e. The molecule has 2 nitrogen and oxygen atoms in total. The van der Waals surface area contributed by atoms with Gasteiger partial charge in [0.25, 0.3) is 0 Å². The Hall–Kier alpha value is -1.13. The minimum absolute atomic E-state index is 0.215. The Morgan fingerprint density at radius 2 is 2.19 bits per heavy atom. The van der Waals surface area contributed by atoms with Crippen LogP contribution in [0.2, 0.25) is 0 Å². The molecule has 16 heavy (non-hydrogen) atoms. The maximum atomic E-state index is 9.65. The Labute approximate surface area is 106 Å². The molecule has 0 aliphatic rings. The van der Waals surface area contributed by atoms with Gasteiger partial charge in [0.15, 0.2) is 0 Å². The first kappa shape index (κ1) is 11.4. The molecular weight excluding hydrogens is 286 g/mol. The lowest BCUT2D eigenvalue weighted by atomic mass is 10.2. The number of phenols is 1. The highest BCUT2D eigenvalue weighted by atomic mass is 79.9. The van der Waals surface area contributed by atoms with E-state index in [9.17, 15) is 5.11 Å². The summed E-state index contributed by atoms with van der Waals surface area (Å²) >= 11 is 4.98. The van der Waals surface area contributed by atoms with Crippen molar-refractivity contribution in [3.05, 3.63) is 44.6 Å². The molecule has 82 valence electrons. The van der Waals surface area contributed by atoms with Crippen LogP contribution in [0.3, 0.4) is 0 Å². The Kier molecular flexibility index (Phi) is 3.41. The van der Waals surface area contributed by atoms with Crippen LogP contribution < -0.4 is 0 Å². The van der Waals surface area contributed by atoms with Crippen LogP contribution >= 0.6 is 27.3 Å². The zero-order valence-corrected chi connectivity index (χ0v) is 11.0. The fourth-order valence-corrected chi connectivity index (χ4v) is 2.58. The zero-order valence-electron chi connectivity index (χ0n) is 8.64. The molecule has 0 saturated heterocycles. The summed E-state index contributed by atoms with van der Waals surface area (Å²) in [4.78, 5) is 5.29. The summed E-state index contributed by atoms with van der Waals surface area (Å²) in [5.41, 5.74) is 1.62. The second-order valence-electron chi connectivity index (χ2n) is 3.42. The van der Waals surface area contributed by atoms with Gasteiger partial charge in [-0.3, -0.25) is 4.99 Å². The summed E-state index contributed by atoms with van der Waals surface area (Å²) in [6, 6.07) is 7.43. The number of rotatable bonds is 2. The molecule has 2 rings (SSSR count). The molecular formula is C12H10BrNOS. The average Bonchev–Trinajstić information content (AvgIpc) is 2.63. The van der Waals surface area contributed by atoms with Crippen LogP contribution in [0.25, 0.3) is 0 Å². The van der Waals surface area contributed by atoms with Gasteiger partial charge >= 0.3 is 0 Å². The quantitative estimate of drug-likeness (QED) is 0.824.